The monoisotopic (exact) mass is 520 g/mol. The molecule has 0 saturated heterocycles. The highest BCUT2D eigenvalue weighted by atomic mass is 32.2. The van der Waals surface area contributed by atoms with E-state index in [0.717, 1.165) is 33.1 Å². The number of hydrazone groups is 1. The number of nitrogens with one attached hydrogen (secondary N) is 1. The van der Waals surface area contributed by atoms with Crippen LogP contribution in [0.2, 0.25) is 0 Å². The minimum atomic E-state index is -0.198. The summed E-state index contributed by atoms with van der Waals surface area (Å²) in [5.74, 6) is 0.748. The number of imidazole rings is 1. The number of hydrogen-bond acceptors (Lipinski definition) is 5. The smallest absolute Gasteiger partial charge is 0.250 e. The van der Waals surface area contributed by atoms with Gasteiger partial charge in [-0.2, -0.15) is 5.10 Å². The first-order valence-electron chi connectivity index (χ1n) is 12.4. The van der Waals surface area contributed by atoms with Gasteiger partial charge in [-0.3, -0.25) is 4.79 Å². The zero-order valence-electron chi connectivity index (χ0n) is 21.1. The Balaban J connectivity index is 1.18. The quantitative estimate of drug-likeness (QED) is 0.135. The Labute approximate surface area is 226 Å². The van der Waals surface area contributed by atoms with Gasteiger partial charge in [-0.1, -0.05) is 96.2 Å². The second kappa shape index (κ2) is 12.3. The van der Waals surface area contributed by atoms with E-state index < -0.39 is 0 Å². The number of carbonyl (C=O) groups excluding carboxylic acids is 1. The Bertz CT molecular complexity index is 1550. The summed E-state index contributed by atoms with van der Waals surface area (Å²) in [6.07, 6.45) is 1.62. The normalized spacial score (nSPS) is 11.2. The number of para-hydroxylation sites is 2. The van der Waals surface area contributed by atoms with Crippen LogP contribution in [0.25, 0.3) is 11.0 Å². The topological polar surface area (TPSA) is 68.5 Å². The molecule has 7 heteroatoms. The van der Waals surface area contributed by atoms with Gasteiger partial charge in [0.05, 0.1) is 29.5 Å². The van der Waals surface area contributed by atoms with Crippen molar-refractivity contribution in [3.8, 4) is 5.75 Å². The second-order valence-electron chi connectivity index (χ2n) is 8.88. The highest BCUT2D eigenvalue weighted by molar-refractivity contribution is 7.99. The Morgan fingerprint density at radius 2 is 1.74 bits per heavy atom. The van der Waals surface area contributed by atoms with Crippen LogP contribution in [0.15, 0.2) is 113 Å². The van der Waals surface area contributed by atoms with Gasteiger partial charge in [-0.15, -0.1) is 0 Å². The van der Waals surface area contributed by atoms with E-state index in [1.165, 1.54) is 22.9 Å². The molecule has 0 saturated carbocycles. The van der Waals surface area contributed by atoms with E-state index in [2.05, 4.69) is 52.3 Å². The predicted octanol–water partition coefficient (Wildman–Crippen LogP) is 6.21. The number of rotatable bonds is 10. The van der Waals surface area contributed by atoms with Gasteiger partial charge in [-0.05, 0) is 47.9 Å². The number of hydrogen-bond donors (Lipinski definition) is 1. The molecule has 0 spiro atoms. The van der Waals surface area contributed by atoms with Gasteiger partial charge in [0.15, 0.2) is 5.16 Å². The molecule has 0 aliphatic rings. The first kappa shape index (κ1) is 25.3. The van der Waals surface area contributed by atoms with Gasteiger partial charge in [-0.25, -0.2) is 10.4 Å². The lowest BCUT2D eigenvalue weighted by molar-refractivity contribution is -0.118. The summed E-state index contributed by atoms with van der Waals surface area (Å²) in [5.41, 5.74) is 8.92. The molecule has 0 radical (unpaired) electrons. The van der Waals surface area contributed by atoms with Crippen LogP contribution < -0.4 is 10.2 Å². The number of nitrogens with zero attached hydrogens (tertiary/aromatic N) is 3. The first-order chi connectivity index (χ1) is 18.6. The summed E-state index contributed by atoms with van der Waals surface area (Å²) in [6.45, 7) is 3.25. The summed E-state index contributed by atoms with van der Waals surface area (Å²) in [6, 6.07) is 34.1. The maximum atomic E-state index is 12.5. The molecule has 1 amide bonds. The van der Waals surface area contributed by atoms with Crippen LogP contribution >= 0.6 is 11.8 Å². The highest BCUT2D eigenvalue weighted by Crippen LogP contribution is 2.25. The van der Waals surface area contributed by atoms with E-state index in [1.807, 2.05) is 72.8 Å². The van der Waals surface area contributed by atoms with Crippen molar-refractivity contribution in [2.75, 3.05) is 5.75 Å². The van der Waals surface area contributed by atoms with Crippen molar-refractivity contribution in [2.45, 2.75) is 25.2 Å². The van der Waals surface area contributed by atoms with Crippen LogP contribution in [-0.2, 0) is 17.9 Å². The Morgan fingerprint density at radius 3 is 2.58 bits per heavy atom. The van der Waals surface area contributed by atoms with Crippen LogP contribution in [-0.4, -0.2) is 27.4 Å². The van der Waals surface area contributed by atoms with Crippen LogP contribution in [0.5, 0.6) is 5.75 Å². The molecule has 1 aromatic heterocycles. The van der Waals surface area contributed by atoms with Crippen LogP contribution in [0, 0.1) is 6.92 Å². The maximum Gasteiger partial charge on any atom is 0.250 e. The van der Waals surface area contributed by atoms with Crippen molar-refractivity contribution in [2.24, 2.45) is 5.10 Å². The summed E-state index contributed by atoms with van der Waals surface area (Å²) < 4.78 is 8.03. The fraction of sp³-hybridized carbons (Fsp3) is 0.129. The predicted molar refractivity (Wildman–Crippen MR) is 154 cm³/mol. The molecular formula is C31H28N4O2S. The van der Waals surface area contributed by atoms with Gasteiger partial charge >= 0.3 is 0 Å². The van der Waals surface area contributed by atoms with E-state index in [4.69, 9.17) is 9.72 Å². The van der Waals surface area contributed by atoms with E-state index in [1.54, 1.807) is 6.21 Å². The van der Waals surface area contributed by atoms with Gasteiger partial charge < -0.3 is 9.30 Å². The number of carbonyl (C=O) groups is 1. The average Bonchev–Trinajstić information content (AvgIpc) is 3.30. The van der Waals surface area contributed by atoms with E-state index >= 15 is 0 Å². The van der Waals surface area contributed by atoms with Crippen molar-refractivity contribution in [3.05, 3.63) is 125 Å². The standard InChI is InChI=1S/C31H28N4O2S/c1-23-14-16-24(17-15-23)20-35-29-13-6-5-12-28(29)33-31(35)38-22-30(36)34-32-19-26-10-7-11-27(18-26)37-21-25-8-3-2-4-9-25/h2-19H,20-22H2,1H3,(H,34,36)/b32-19-. The maximum absolute atomic E-state index is 12.5. The molecule has 0 bridgehead atoms. The fourth-order valence-electron chi connectivity index (χ4n) is 3.96. The molecule has 5 aromatic rings. The molecule has 0 unspecified atom stereocenters. The third-order valence-electron chi connectivity index (χ3n) is 5.92. The molecule has 5 rings (SSSR count). The molecule has 4 aromatic carbocycles. The SMILES string of the molecule is Cc1ccc(Cn2c(SCC(=O)N/N=C\c3cccc(OCc4ccccc4)c3)nc3ccccc32)cc1. The van der Waals surface area contributed by atoms with Gasteiger partial charge in [0.25, 0.3) is 5.91 Å². The lowest BCUT2D eigenvalue weighted by Crippen LogP contribution is -2.20. The molecular weight excluding hydrogens is 492 g/mol. The van der Waals surface area contributed by atoms with Gasteiger partial charge in [0.2, 0.25) is 0 Å². The minimum Gasteiger partial charge on any atom is -0.489 e. The number of fused-ring (bicyclic) bond motifs is 1. The third-order valence-corrected chi connectivity index (χ3v) is 6.90. The van der Waals surface area contributed by atoms with Crippen LogP contribution in [0.3, 0.4) is 0 Å². The summed E-state index contributed by atoms with van der Waals surface area (Å²) in [4.78, 5) is 17.3. The average molecular weight is 521 g/mol. The molecule has 6 nitrogen and oxygen atoms in total. The van der Waals surface area contributed by atoms with Gasteiger partial charge in [0, 0.05) is 0 Å². The lowest BCUT2D eigenvalue weighted by Gasteiger charge is -2.09. The number of aromatic nitrogens is 2. The van der Waals surface area contributed by atoms with E-state index in [9.17, 15) is 4.79 Å². The molecule has 0 atom stereocenters. The molecule has 38 heavy (non-hydrogen) atoms. The Kier molecular flexibility index (Phi) is 8.16. The van der Waals surface area contributed by atoms with Crippen LogP contribution in [0.1, 0.15) is 22.3 Å². The molecule has 0 fully saturated rings. The molecule has 1 N–H and O–H groups in total. The third kappa shape index (κ3) is 6.69. The number of aryl methyl sites for hydroxylation is 1. The molecule has 0 aliphatic heterocycles. The van der Waals surface area contributed by atoms with Gasteiger partial charge in [0.1, 0.15) is 12.4 Å². The second-order valence-corrected chi connectivity index (χ2v) is 9.83. The largest absolute Gasteiger partial charge is 0.489 e. The number of benzene rings is 4. The van der Waals surface area contributed by atoms with Crippen molar-refractivity contribution < 1.29 is 9.53 Å². The number of amides is 1. The fourth-order valence-corrected chi connectivity index (χ4v) is 4.77. The van der Waals surface area contributed by atoms with Crippen LogP contribution in [0.4, 0.5) is 0 Å². The number of thioether (sulfide) groups is 1. The summed E-state index contributed by atoms with van der Waals surface area (Å²) >= 11 is 1.40. The minimum absolute atomic E-state index is 0.198. The Hall–Kier alpha value is -4.36. The highest BCUT2D eigenvalue weighted by Gasteiger charge is 2.13. The van der Waals surface area contributed by atoms with Crippen molar-refractivity contribution in [1.29, 1.82) is 0 Å². The summed E-state index contributed by atoms with van der Waals surface area (Å²) in [5, 5.41) is 4.93. The number of ether oxygens (including phenoxy) is 1. The zero-order chi connectivity index (χ0) is 26.2. The Morgan fingerprint density at radius 1 is 0.947 bits per heavy atom. The zero-order valence-corrected chi connectivity index (χ0v) is 21.9. The van der Waals surface area contributed by atoms with Crippen molar-refractivity contribution in [3.63, 3.8) is 0 Å². The van der Waals surface area contributed by atoms with Crippen molar-refractivity contribution >= 4 is 34.9 Å². The lowest BCUT2D eigenvalue weighted by atomic mass is 10.1. The van der Waals surface area contributed by atoms with E-state index in [-0.39, 0.29) is 11.7 Å². The first-order valence-corrected chi connectivity index (χ1v) is 13.3. The molecule has 1 heterocycles. The molecule has 0 aliphatic carbocycles. The van der Waals surface area contributed by atoms with Crippen molar-refractivity contribution in [1.82, 2.24) is 15.0 Å². The summed E-state index contributed by atoms with van der Waals surface area (Å²) in [7, 11) is 0. The molecule has 190 valence electrons. The van der Waals surface area contributed by atoms with E-state index in [0.29, 0.717) is 13.2 Å².